The van der Waals surface area contributed by atoms with E-state index in [4.69, 9.17) is 16.3 Å². The average molecular weight is 318 g/mol. The zero-order valence-corrected chi connectivity index (χ0v) is 12.8. The van der Waals surface area contributed by atoms with Crippen LogP contribution in [0.3, 0.4) is 0 Å². The minimum absolute atomic E-state index is 0.688. The molecule has 1 heterocycles. The van der Waals surface area contributed by atoms with Crippen LogP contribution in [0.15, 0.2) is 48.5 Å². The third kappa shape index (κ3) is 3.32. The molecule has 1 N–H and O–H groups in total. The van der Waals surface area contributed by atoms with Gasteiger partial charge in [0.15, 0.2) is 5.82 Å². The van der Waals surface area contributed by atoms with Crippen molar-refractivity contribution in [3.8, 4) is 17.1 Å². The number of nitrogens with zero attached hydrogens (tertiary/aromatic N) is 2. The molecule has 3 rings (SSSR count). The standard InChI is InChI=1S/C15H12ClN3OS/c1-20-13-8-6-12(7-9-13)17-15-18-14(19-21-15)10-2-4-11(16)5-3-10/h2-9H,1H3,(H,17,18,19). The molecule has 106 valence electrons. The van der Waals surface area contributed by atoms with Gasteiger partial charge in [0.05, 0.1) is 7.11 Å². The summed E-state index contributed by atoms with van der Waals surface area (Å²) >= 11 is 7.19. The summed E-state index contributed by atoms with van der Waals surface area (Å²) in [5.41, 5.74) is 1.88. The molecule has 0 aliphatic rings. The molecule has 6 heteroatoms. The second kappa shape index (κ2) is 6.11. The van der Waals surface area contributed by atoms with Crippen molar-refractivity contribution in [2.45, 2.75) is 0 Å². The number of aromatic nitrogens is 2. The number of halogens is 1. The maximum atomic E-state index is 5.88. The molecular formula is C15H12ClN3OS. The van der Waals surface area contributed by atoms with Gasteiger partial charge in [0.2, 0.25) is 5.13 Å². The van der Waals surface area contributed by atoms with Gasteiger partial charge in [-0.2, -0.15) is 9.36 Å². The highest BCUT2D eigenvalue weighted by atomic mass is 35.5. The van der Waals surface area contributed by atoms with Gasteiger partial charge < -0.3 is 10.1 Å². The predicted octanol–water partition coefficient (Wildman–Crippen LogP) is 4.61. The number of ether oxygens (including phenoxy) is 1. The van der Waals surface area contributed by atoms with Gasteiger partial charge >= 0.3 is 0 Å². The molecule has 0 fully saturated rings. The monoisotopic (exact) mass is 317 g/mol. The summed E-state index contributed by atoms with van der Waals surface area (Å²) in [6.45, 7) is 0. The molecule has 0 aliphatic carbocycles. The summed E-state index contributed by atoms with van der Waals surface area (Å²) < 4.78 is 9.47. The van der Waals surface area contributed by atoms with E-state index in [1.165, 1.54) is 11.5 Å². The van der Waals surface area contributed by atoms with E-state index >= 15 is 0 Å². The summed E-state index contributed by atoms with van der Waals surface area (Å²) in [5, 5.41) is 4.66. The fourth-order valence-electron chi connectivity index (χ4n) is 1.79. The highest BCUT2D eigenvalue weighted by Gasteiger charge is 2.06. The molecule has 2 aromatic carbocycles. The maximum absolute atomic E-state index is 5.88. The van der Waals surface area contributed by atoms with Crippen LogP contribution in [0.2, 0.25) is 5.02 Å². The lowest BCUT2D eigenvalue weighted by atomic mass is 10.2. The number of methoxy groups -OCH3 is 1. The minimum Gasteiger partial charge on any atom is -0.497 e. The van der Waals surface area contributed by atoms with Crippen LogP contribution in [0, 0.1) is 0 Å². The van der Waals surface area contributed by atoms with Gasteiger partial charge in [-0.05, 0) is 48.5 Å². The van der Waals surface area contributed by atoms with Crippen LogP contribution in [0.25, 0.3) is 11.4 Å². The van der Waals surface area contributed by atoms with E-state index in [0.29, 0.717) is 10.8 Å². The summed E-state index contributed by atoms with van der Waals surface area (Å²) in [5.74, 6) is 1.51. The van der Waals surface area contributed by atoms with Crippen molar-refractivity contribution < 1.29 is 4.74 Å². The summed E-state index contributed by atoms with van der Waals surface area (Å²) in [6, 6.07) is 15.1. The Labute approximate surface area is 131 Å². The fourth-order valence-corrected chi connectivity index (χ4v) is 2.52. The van der Waals surface area contributed by atoms with E-state index < -0.39 is 0 Å². The zero-order valence-electron chi connectivity index (χ0n) is 11.2. The summed E-state index contributed by atoms with van der Waals surface area (Å²) in [7, 11) is 1.64. The second-order valence-corrected chi connectivity index (χ2v) is 5.47. The van der Waals surface area contributed by atoms with Crippen molar-refractivity contribution in [3.63, 3.8) is 0 Å². The molecule has 0 saturated heterocycles. The van der Waals surface area contributed by atoms with Crippen molar-refractivity contribution >= 4 is 34.0 Å². The average Bonchev–Trinajstić information content (AvgIpc) is 2.97. The Bertz CT molecular complexity index is 725. The van der Waals surface area contributed by atoms with Crippen LogP contribution in [0.5, 0.6) is 5.75 Å². The summed E-state index contributed by atoms with van der Waals surface area (Å²) in [6.07, 6.45) is 0. The van der Waals surface area contributed by atoms with Gasteiger partial charge in [-0.3, -0.25) is 0 Å². The van der Waals surface area contributed by atoms with Crippen LogP contribution in [0.1, 0.15) is 0 Å². The van der Waals surface area contributed by atoms with Crippen molar-refractivity contribution in [2.24, 2.45) is 0 Å². The maximum Gasteiger partial charge on any atom is 0.207 e. The Morgan fingerprint density at radius 3 is 2.43 bits per heavy atom. The van der Waals surface area contributed by atoms with Crippen molar-refractivity contribution in [1.29, 1.82) is 0 Å². The van der Waals surface area contributed by atoms with Crippen molar-refractivity contribution in [3.05, 3.63) is 53.6 Å². The molecule has 0 saturated carbocycles. The predicted molar refractivity (Wildman–Crippen MR) is 86.6 cm³/mol. The van der Waals surface area contributed by atoms with Gasteiger partial charge in [0.1, 0.15) is 5.75 Å². The molecule has 3 aromatic rings. The van der Waals surface area contributed by atoms with E-state index in [9.17, 15) is 0 Å². The molecule has 0 spiro atoms. The lowest BCUT2D eigenvalue weighted by molar-refractivity contribution is 0.415. The third-order valence-electron chi connectivity index (χ3n) is 2.87. The van der Waals surface area contributed by atoms with E-state index in [1.54, 1.807) is 7.11 Å². The van der Waals surface area contributed by atoms with Crippen LogP contribution >= 0.6 is 23.1 Å². The second-order valence-electron chi connectivity index (χ2n) is 4.28. The van der Waals surface area contributed by atoms with Gasteiger partial charge in [0.25, 0.3) is 0 Å². The van der Waals surface area contributed by atoms with Crippen molar-refractivity contribution in [2.75, 3.05) is 12.4 Å². The highest BCUT2D eigenvalue weighted by molar-refractivity contribution is 7.09. The van der Waals surface area contributed by atoms with Gasteiger partial charge in [-0.1, -0.05) is 11.6 Å². The number of hydrogen-bond donors (Lipinski definition) is 1. The molecule has 4 nitrogen and oxygen atoms in total. The summed E-state index contributed by atoms with van der Waals surface area (Å²) in [4.78, 5) is 4.47. The van der Waals surface area contributed by atoms with E-state index in [-0.39, 0.29) is 0 Å². The van der Waals surface area contributed by atoms with E-state index in [0.717, 1.165) is 22.1 Å². The first-order chi connectivity index (χ1) is 10.2. The SMILES string of the molecule is COc1ccc(Nc2nc(-c3ccc(Cl)cc3)ns2)cc1. The Kier molecular flexibility index (Phi) is 4.03. The molecule has 21 heavy (non-hydrogen) atoms. The smallest absolute Gasteiger partial charge is 0.207 e. The van der Waals surface area contributed by atoms with Crippen LogP contribution < -0.4 is 10.1 Å². The van der Waals surface area contributed by atoms with Gasteiger partial charge in [0, 0.05) is 27.8 Å². The molecule has 0 aliphatic heterocycles. The first-order valence-corrected chi connectivity index (χ1v) is 7.40. The highest BCUT2D eigenvalue weighted by Crippen LogP contribution is 2.25. The van der Waals surface area contributed by atoms with Crippen LogP contribution in [-0.2, 0) is 0 Å². The lowest BCUT2D eigenvalue weighted by Crippen LogP contribution is -1.90. The Balaban J connectivity index is 1.76. The molecular weight excluding hydrogens is 306 g/mol. The molecule has 0 radical (unpaired) electrons. The molecule has 0 amide bonds. The van der Waals surface area contributed by atoms with Crippen LogP contribution in [0.4, 0.5) is 10.8 Å². The quantitative estimate of drug-likeness (QED) is 0.763. The van der Waals surface area contributed by atoms with E-state index in [1.807, 2.05) is 48.5 Å². The molecule has 1 aromatic heterocycles. The topological polar surface area (TPSA) is 47.0 Å². The number of rotatable bonds is 4. The van der Waals surface area contributed by atoms with Crippen LogP contribution in [-0.4, -0.2) is 16.5 Å². The normalized spacial score (nSPS) is 10.4. The Hall–Kier alpha value is -2.11. The first-order valence-electron chi connectivity index (χ1n) is 6.25. The third-order valence-corrected chi connectivity index (χ3v) is 3.75. The first kappa shape index (κ1) is 13.9. The molecule has 0 unspecified atom stereocenters. The number of nitrogens with one attached hydrogen (secondary N) is 1. The number of benzene rings is 2. The Morgan fingerprint density at radius 1 is 1.05 bits per heavy atom. The number of anilines is 2. The Morgan fingerprint density at radius 2 is 1.76 bits per heavy atom. The van der Waals surface area contributed by atoms with E-state index in [2.05, 4.69) is 14.7 Å². The fraction of sp³-hybridized carbons (Fsp3) is 0.0667. The largest absolute Gasteiger partial charge is 0.497 e. The van der Waals surface area contributed by atoms with Gasteiger partial charge in [-0.25, -0.2) is 0 Å². The van der Waals surface area contributed by atoms with Gasteiger partial charge in [-0.15, -0.1) is 0 Å². The van der Waals surface area contributed by atoms with Crippen molar-refractivity contribution in [1.82, 2.24) is 9.36 Å². The lowest BCUT2D eigenvalue weighted by Gasteiger charge is -2.03. The minimum atomic E-state index is 0.688. The number of hydrogen-bond acceptors (Lipinski definition) is 5. The zero-order chi connectivity index (χ0) is 14.7. The molecule has 0 atom stereocenters. The molecule has 0 bridgehead atoms.